The molecular weight excluding hydrogens is 296 g/mol. The van der Waals surface area contributed by atoms with Crippen LogP contribution in [0.4, 0.5) is 0 Å². The number of hydrogen-bond acceptors (Lipinski definition) is 6. The summed E-state index contributed by atoms with van der Waals surface area (Å²) in [5, 5.41) is 7.95. The smallest absolute Gasteiger partial charge is 0.276 e. The number of fused-ring (bicyclic) bond motifs is 1. The van der Waals surface area contributed by atoms with Crippen molar-refractivity contribution in [1.29, 1.82) is 0 Å². The Labute approximate surface area is 135 Å². The van der Waals surface area contributed by atoms with Crippen LogP contribution in [-0.2, 0) is 19.4 Å². The molecule has 0 aliphatic heterocycles. The summed E-state index contributed by atoms with van der Waals surface area (Å²) in [5.74, 6) is 2.02. The lowest BCUT2D eigenvalue weighted by Gasteiger charge is -2.18. The summed E-state index contributed by atoms with van der Waals surface area (Å²) in [5.41, 5.74) is 1.40. The van der Waals surface area contributed by atoms with Crippen molar-refractivity contribution in [1.82, 2.24) is 20.2 Å². The van der Waals surface area contributed by atoms with E-state index in [1.54, 1.807) is 4.90 Å². The number of aryl methyl sites for hydroxylation is 1. The van der Waals surface area contributed by atoms with Gasteiger partial charge in [-0.05, 0) is 26.2 Å². The van der Waals surface area contributed by atoms with Crippen LogP contribution in [0.15, 0.2) is 9.05 Å². The van der Waals surface area contributed by atoms with Crippen LogP contribution in [0.5, 0.6) is 0 Å². The maximum Gasteiger partial charge on any atom is 0.276 e. The highest BCUT2D eigenvalue weighted by Gasteiger charge is 2.27. The monoisotopic (exact) mass is 318 g/mol. The first-order valence-electron chi connectivity index (χ1n) is 8.19. The number of aromatic nitrogens is 3. The van der Waals surface area contributed by atoms with E-state index in [0.717, 1.165) is 37.0 Å². The van der Waals surface area contributed by atoms with Crippen molar-refractivity contribution in [2.45, 2.75) is 58.9 Å². The molecular formula is C16H22N4O3. The summed E-state index contributed by atoms with van der Waals surface area (Å²) < 4.78 is 10.6. The summed E-state index contributed by atoms with van der Waals surface area (Å²) in [7, 11) is 0. The van der Waals surface area contributed by atoms with Gasteiger partial charge in [-0.1, -0.05) is 24.2 Å². The fraction of sp³-hybridized carbons (Fsp3) is 0.625. The molecule has 0 spiro atoms. The van der Waals surface area contributed by atoms with Gasteiger partial charge in [-0.3, -0.25) is 4.79 Å². The second kappa shape index (κ2) is 6.52. The predicted octanol–water partition coefficient (Wildman–Crippen LogP) is 2.72. The van der Waals surface area contributed by atoms with Crippen molar-refractivity contribution >= 4 is 5.91 Å². The molecule has 0 saturated heterocycles. The van der Waals surface area contributed by atoms with Gasteiger partial charge < -0.3 is 13.9 Å². The molecule has 0 aromatic carbocycles. The molecule has 2 heterocycles. The van der Waals surface area contributed by atoms with Gasteiger partial charge in [0.2, 0.25) is 5.89 Å². The summed E-state index contributed by atoms with van der Waals surface area (Å²) in [4.78, 5) is 18.8. The molecule has 2 aromatic heterocycles. The normalized spacial score (nSPS) is 14.1. The lowest BCUT2D eigenvalue weighted by molar-refractivity contribution is 0.0723. The fourth-order valence-corrected chi connectivity index (χ4v) is 2.76. The molecule has 0 atom stereocenters. The fourth-order valence-electron chi connectivity index (χ4n) is 2.76. The number of carbonyl (C=O) groups is 1. The topological polar surface area (TPSA) is 85.3 Å². The third-order valence-electron chi connectivity index (χ3n) is 4.15. The number of nitrogens with zero attached hydrogens (tertiary/aromatic N) is 4. The van der Waals surface area contributed by atoms with E-state index in [0.29, 0.717) is 24.0 Å². The van der Waals surface area contributed by atoms with Gasteiger partial charge in [0.25, 0.3) is 5.91 Å². The molecule has 2 aromatic rings. The van der Waals surface area contributed by atoms with E-state index in [9.17, 15) is 4.79 Å². The van der Waals surface area contributed by atoms with E-state index < -0.39 is 0 Å². The molecule has 0 fully saturated rings. The maximum atomic E-state index is 12.8. The van der Waals surface area contributed by atoms with E-state index in [1.165, 1.54) is 0 Å². The quantitative estimate of drug-likeness (QED) is 0.842. The molecule has 1 aliphatic rings. The highest BCUT2D eigenvalue weighted by Crippen LogP contribution is 2.25. The number of carbonyl (C=O) groups excluding carboxylic acids is 1. The van der Waals surface area contributed by atoms with Gasteiger partial charge in [-0.2, -0.15) is 4.98 Å². The maximum absolute atomic E-state index is 12.8. The molecule has 124 valence electrons. The Morgan fingerprint density at radius 1 is 1.22 bits per heavy atom. The van der Waals surface area contributed by atoms with Crippen LogP contribution in [0.25, 0.3) is 0 Å². The average molecular weight is 318 g/mol. The molecule has 0 saturated carbocycles. The van der Waals surface area contributed by atoms with E-state index in [2.05, 4.69) is 15.3 Å². The molecule has 0 radical (unpaired) electrons. The summed E-state index contributed by atoms with van der Waals surface area (Å²) in [6.07, 6.45) is 3.88. The zero-order valence-electron chi connectivity index (χ0n) is 13.8. The lowest BCUT2D eigenvalue weighted by Crippen LogP contribution is -2.31. The summed E-state index contributed by atoms with van der Waals surface area (Å²) in [6, 6.07) is 0. The summed E-state index contributed by atoms with van der Waals surface area (Å²) >= 11 is 0. The van der Waals surface area contributed by atoms with Gasteiger partial charge in [-0.25, -0.2) is 0 Å². The van der Waals surface area contributed by atoms with E-state index >= 15 is 0 Å². The van der Waals surface area contributed by atoms with Crippen molar-refractivity contribution in [3.8, 4) is 0 Å². The second-order valence-electron chi connectivity index (χ2n) is 6.16. The van der Waals surface area contributed by atoms with Crippen LogP contribution in [0.1, 0.15) is 73.1 Å². The van der Waals surface area contributed by atoms with Crippen LogP contribution in [0, 0.1) is 0 Å². The van der Waals surface area contributed by atoms with Crippen LogP contribution in [-0.4, -0.2) is 32.6 Å². The lowest BCUT2D eigenvalue weighted by atomic mass is 9.96. The number of amides is 1. The molecule has 0 bridgehead atoms. The third-order valence-corrected chi connectivity index (χ3v) is 4.15. The van der Waals surface area contributed by atoms with Crippen molar-refractivity contribution in [2.75, 3.05) is 6.54 Å². The van der Waals surface area contributed by atoms with Crippen molar-refractivity contribution < 1.29 is 13.8 Å². The Hall–Kier alpha value is -2.18. The van der Waals surface area contributed by atoms with Crippen LogP contribution < -0.4 is 0 Å². The zero-order valence-corrected chi connectivity index (χ0v) is 13.8. The molecule has 1 aliphatic carbocycles. The third kappa shape index (κ3) is 3.13. The first-order valence-corrected chi connectivity index (χ1v) is 8.19. The average Bonchev–Trinajstić information content (AvgIpc) is 3.19. The number of hydrogen-bond donors (Lipinski definition) is 0. The van der Waals surface area contributed by atoms with Gasteiger partial charge in [0.1, 0.15) is 12.3 Å². The van der Waals surface area contributed by atoms with Gasteiger partial charge >= 0.3 is 0 Å². The molecule has 7 heteroatoms. The molecule has 0 N–H and O–H groups in total. The minimum absolute atomic E-state index is 0.135. The molecule has 0 unspecified atom stereocenters. The van der Waals surface area contributed by atoms with E-state index in [1.807, 2.05) is 20.8 Å². The molecule has 7 nitrogen and oxygen atoms in total. The Morgan fingerprint density at radius 2 is 2.00 bits per heavy atom. The Balaban J connectivity index is 1.77. The van der Waals surface area contributed by atoms with Crippen LogP contribution >= 0.6 is 0 Å². The van der Waals surface area contributed by atoms with Crippen molar-refractivity contribution in [2.24, 2.45) is 0 Å². The van der Waals surface area contributed by atoms with Gasteiger partial charge in [-0.15, -0.1) is 0 Å². The largest absolute Gasteiger partial charge is 0.360 e. The zero-order chi connectivity index (χ0) is 16.4. The van der Waals surface area contributed by atoms with Crippen LogP contribution in [0.3, 0.4) is 0 Å². The first-order chi connectivity index (χ1) is 11.1. The predicted molar refractivity (Wildman–Crippen MR) is 81.9 cm³/mol. The summed E-state index contributed by atoms with van der Waals surface area (Å²) in [6.45, 7) is 6.75. The SMILES string of the molecule is CCN(Cc1nc(C(C)C)no1)C(=O)c1noc2c1CCCC2. The molecule has 23 heavy (non-hydrogen) atoms. The van der Waals surface area contributed by atoms with E-state index in [-0.39, 0.29) is 18.4 Å². The Bertz CT molecular complexity index is 689. The van der Waals surface area contributed by atoms with Crippen molar-refractivity contribution in [3.63, 3.8) is 0 Å². The first kappa shape index (κ1) is 15.7. The minimum Gasteiger partial charge on any atom is -0.360 e. The molecule has 3 rings (SSSR count). The number of rotatable bonds is 5. The Kier molecular flexibility index (Phi) is 4.45. The van der Waals surface area contributed by atoms with Gasteiger partial charge in [0.05, 0.1) is 0 Å². The molecule has 1 amide bonds. The van der Waals surface area contributed by atoms with Crippen molar-refractivity contribution in [3.05, 3.63) is 28.7 Å². The highest BCUT2D eigenvalue weighted by molar-refractivity contribution is 5.93. The Morgan fingerprint density at radius 3 is 2.70 bits per heavy atom. The van der Waals surface area contributed by atoms with Crippen LogP contribution in [0.2, 0.25) is 0 Å². The van der Waals surface area contributed by atoms with Gasteiger partial charge in [0.15, 0.2) is 11.5 Å². The highest BCUT2D eigenvalue weighted by atomic mass is 16.5. The standard InChI is InChI=1S/C16H22N4O3/c1-4-20(9-13-17-15(10(2)3)19-23-13)16(21)14-11-7-5-6-8-12(11)22-18-14/h10H,4-9H2,1-3H3. The second-order valence-corrected chi connectivity index (χ2v) is 6.16. The minimum atomic E-state index is -0.135. The van der Waals surface area contributed by atoms with Gasteiger partial charge in [0, 0.05) is 24.4 Å². The van der Waals surface area contributed by atoms with E-state index in [4.69, 9.17) is 9.05 Å².